The Bertz CT molecular complexity index is 143. The van der Waals surface area contributed by atoms with Gasteiger partial charge < -0.3 is 4.74 Å². The predicted octanol–water partition coefficient (Wildman–Crippen LogP) is 3.52. The van der Waals surface area contributed by atoms with Crippen molar-refractivity contribution in [1.82, 2.24) is 0 Å². The van der Waals surface area contributed by atoms with Crippen LogP contribution < -0.4 is 0 Å². The first-order valence-electron chi connectivity index (χ1n) is 6.02. The van der Waals surface area contributed by atoms with Gasteiger partial charge in [-0.1, -0.05) is 25.7 Å². The maximum absolute atomic E-state index is 6.10. The molecule has 0 aromatic rings. The molecule has 0 aromatic carbocycles. The first-order chi connectivity index (χ1) is 6.36. The minimum absolute atomic E-state index is 0.533. The second-order valence-electron chi connectivity index (χ2n) is 4.79. The lowest BCUT2D eigenvalue weighted by atomic mass is 10.0. The van der Waals surface area contributed by atoms with E-state index in [-0.39, 0.29) is 0 Å². The van der Waals surface area contributed by atoms with Crippen LogP contribution in [0.2, 0.25) is 0 Å². The predicted molar refractivity (Wildman–Crippen MR) is 54.8 cm³/mol. The third-order valence-electron chi connectivity index (χ3n) is 3.77. The Morgan fingerprint density at radius 1 is 0.923 bits per heavy atom. The van der Waals surface area contributed by atoms with Crippen LogP contribution in [0.15, 0.2) is 0 Å². The van der Waals surface area contributed by atoms with Crippen LogP contribution in [0, 0.1) is 5.92 Å². The van der Waals surface area contributed by atoms with Gasteiger partial charge in [0.25, 0.3) is 0 Å². The highest BCUT2D eigenvalue weighted by atomic mass is 16.5. The molecule has 0 N–H and O–H groups in total. The molecule has 2 fully saturated rings. The minimum Gasteiger partial charge on any atom is -0.375 e. The maximum Gasteiger partial charge on any atom is 0.0578 e. The average molecular weight is 182 g/mol. The third kappa shape index (κ3) is 2.46. The smallest absolute Gasteiger partial charge is 0.0578 e. The van der Waals surface area contributed by atoms with Crippen molar-refractivity contribution in [2.45, 2.75) is 70.5 Å². The lowest BCUT2D eigenvalue weighted by molar-refractivity contribution is -0.0274. The van der Waals surface area contributed by atoms with Gasteiger partial charge in [-0.2, -0.15) is 0 Å². The number of hydrogen-bond acceptors (Lipinski definition) is 1. The lowest BCUT2D eigenvalue weighted by Crippen LogP contribution is -2.23. The highest BCUT2D eigenvalue weighted by Gasteiger charge is 2.25. The summed E-state index contributed by atoms with van der Waals surface area (Å²) < 4.78 is 6.10. The van der Waals surface area contributed by atoms with Crippen molar-refractivity contribution in [3.63, 3.8) is 0 Å². The van der Waals surface area contributed by atoms with Crippen molar-refractivity contribution >= 4 is 0 Å². The first-order valence-corrected chi connectivity index (χ1v) is 6.02. The van der Waals surface area contributed by atoms with Gasteiger partial charge in [-0.15, -0.1) is 0 Å². The molecule has 0 bridgehead atoms. The highest BCUT2D eigenvalue weighted by Crippen LogP contribution is 2.31. The van der Waals surface area contributed by atoms with Crippen molar-refractivity contribution < 1.29 is 4.74 Å². The Kier molecular flexibility index (Phi) is 3.26. The molecule has 2 rings (SSSR count). The largest absolute Gasteiger partial charge is 0.375 e. The van der Waals surface area contributed by atoms with Gasteiger partial charge >= 0.3 is 0 Å². The summed E-state index contributed by atoms with van der Waals surface area (Å²) in [5.74, 6) is 0.876. The van der Waals surface area contributed by atoms with Gasteiger partial charge in [0.1, 0.15) is 0 Å². The molecule has 0 heterocycles. The summed E-state index contributed by atoms with van der Waals surface area (Å²) in [4.78, 5) is 0. The van der Waals surface area contributed by atoms with Crippen LogP contribution in [0.3, 0.4) is 0 Å². The molecule has 0 aromatic heterocycles. The van der Waals surface area contributed by atoms with E-state index >= 15 is 0 Å². The van der Waals surface area contributed by atoms with Crippen molar-refractivity contribution in [3.8, 4) is 0 Å². The van der Waals surface area contributed by atoms with Crippen LogP contribution in [0.25, 0.3) is 0 Å². The van der Waals surface area contributed by atoms with E-state index in [1.807, 2.05) is 0 Å². The van der Waals surface area contributed by atoms with E-state index in [1.54, 1.807) is 0 Å². The molecule has 2 saturated carbocycles. The Hall–Kier alpha value is -0.0400. The standard InChI is InChI=1S/C12H22O/c1-10(11-6-2-3-7-11)13-12-8-4-5-9-12/h10-12H,2-9H2,1H3. The van der Waals surface area contributed by atoms with Crippen LogP contribution in [0.5, 0.6) is 0 Å². The molecule has 2 aliphatic carbocycles. The monoisotopic (exact) mass is 182 g/mol. The van der Waals surface area contributed by atoms with E-state index in [1.165, 1.54) is 51.4 Å². The Labute approximate surface area is 81.9 Å². The molecule has 1 heteroatoms. The summed E-state index contributed by atoms with van der Waals surface area (Å²) in [6, 6.07) is 0. The fourth-order valence-corrected chi connectivity index (χ4v) is 2.87. The molecule has 0 amide bonds. The van der Waals surface area contributed by atoms with Gasteiger partial charge in [-0.25, -0.2) is 0 Å². The first kappa shape index (κ1) is 9.51. The van der Waals surface area contributed by atoms with Crippen LogP contribution >= 0.6 is 0 Å². The molecule has 1 unspecified atom stereocenters. The van der Waals surface area contributed by atoms with Gasteiger partial charge in [0.2, 0.25) is 0 Å². The quantitative estimate of drug-likeness (QED) is 0.649. The van der Waals surface area contributed by atoms with E-state index in [9.17, 15) is 0 Å². The Morgan fingerprint density at radius 2 is 1.46 bits per heavy atom. The zero-order chi connectivity index (χ0) is 9.10. The SMILES string of the molecule is CC(OC1CCCC1)C1CCCC1. The molecular weight excluding hydrogens is 160 g/mol. The van der Waals surface area contributed by atoms with E-state index in [0.717, 1.165) is 5.92 Å². The van der Waals surface area contributed by atoms with E-state index in [0.29, 0.717) is 12.2 Å². The molecule has 13 heavy (non-hydrogen) atoms. The lowest BCUT2D eigenvalue weighted by Gasteiger charge is -2.23. The molecule has 0 aliphatic heterocycles. The highest BCUT2D eigenvalue weighted by molar-refractivity contribution is 4.75. The summed E-state index contributed by atoms with van der Waals surface area (Å²) in [5, 5.41) is 0. The summed E-state index contributed by atoms with van der Waals surface area (Å²) in [6.45, 7) is 2.29. The van der Waals surface area contributed by atoms with Gasteiger partial charge in [-0.05, 0) is 38.5 Å². The Morgan fingerprint density at radius 3 is 2.08 bits per heavy atom. The molecule has 1 atom stereocenters. The van der Waals surface area contributed by atoms with E-state index in [4.69, 9.17) is 4.74 Å². The van der Waals surface area contributed by atoms with Crippen LogP contribution in [-0.4, -0.2) is 12.2 Å². The van der Waals surface area contributed by atoms with Crippen molar-refractivity contribution in [1.29, 1.82) is 0 Å². The molecule has 0 saturated heterocycles. The van der Waals surface area contributed by atoms with Gasteiger partial charge in [0.15, 0.2) is 0 Å². The Balaban J connectivity index is 1.73. The van der Waals surface area contributed by atoms with Crippen molar-refractivity contribution in [2.24, 2.45) is 5.92 Å². The van der Waals surface area contributed by atoms with Crippen LogP contribution in [-0.2, 0) is 4.74 Å². The molecule has 1 nitrogen and oxygen atoms in total. The third-order valence-corrected chi connectivity index (χ3v) is 3.77. The molecule has 0 spiro atoms. The second kappa shape index (κ2) is 4.45. The van der Waals surface area contributed by atoms with E-state index < -0.39 is 0 Å². The average Bonchev–Trinajstić information content (AvgIpc) is 2.74. The summed E-state index contributed by atoms with van der Waals surface area (Å²) in [7, 11) is 0. The molecule has 76 valence electrons. The van der Waals surface area contributed by atoms with Crippen LogP contribution in [0.1, 0.15) is 58.3 Å². The zero-order valence-electron chi connectivity index (χ0n) is 8.80. The van der Waals surface area contributed by atoms with Gasteiger partial charge in [0.05, 0.1) is 12.2 Å². The minimum atomic E-state index is 0.533. The maximum atomic E-state index is 6.10. The fraction of sp³-hybridized carbons (Fsp3) is 1.00. The molecule has 0 radical (unpaired) electrons. The second-order valence-corrected chi connectivity index (χ2v) is 4.79. The molecule has 2 aliphatic rings. The van der Waals surface area contributed by atoms with E-state index in [2.05, 4.69) is 6.92 Å². The number of ether oxygens (including phenoxy) is 1. The van der Waals surface area contributed by atoms with Gasteiger partial charge in [0, 0.05) is 0 Å². The topological polar surface area (TPSA) is 9.23 Å². The molecular formula is C12H22O. The normalized spacial score (nSPS) is 28.4. The van der Waals surface area contributed by atoms with Crippen LogP contribution in [0.4, 0.5) is 0 Å². The van der Waals surface area contributed by atoms with Gasteiger partial charge in [-0.3, -0.25) is 0 Å². The zero-order valence-corrected chi connectivity index (χ0v) is 8.80. The van der Waals surface area contributed by atoms with Crippen molar-refractivity contribution in [3.05, 3.63) is 0 Å². The van der Waals surface area contributed by atoms with Crippen molar-refractivity contribution in [2.75, 3.05) is 0 Å². The summed E-state index contributed by atoms with van der Waals surface area (Å²) in [6.07, 6.45) is 12.2. The number of rotatable bonds is 3. The summed E-state index contributed by atoms with van der Waals surface area (Å²) >= 11 is 0. The fourth-order valence-electron chi connectivity index (χ4n) is 2.87. The summed E-state index contributed by atoms with van der Waals surface area (Å²) in [5.41, 5.74) is 0. The number of hydrogen-bond donors (Lipinski definition) is 0.